The summed E-state index contributed by atoms with van der Waals surface area (Å²) in [6, 6.07) is -0.00866. The Kier molecular flexibility index (Phi) is 3.54. The van der Waals surface area contributed by atoms with Gasteiger partial charge in [0.2, 0.25) is 0 Å². The van der Waals surface area contributed by atoms with Crippen molar-refractivity contribution in [3.8, 4) is 0 Å². The standard InChI is InChI=1S/C9H18N2O2/c1-3-10-9(13)11-5-4-8(6-11)7(2)12/h7-8,12H,3-6H2,1-2H3,(H,10,13). The van der Waals surface area contributed by atoms with Crippen LogP contribution in [0.25, 0.3) is 0 Å². The number of carbonyl (C=O) groups is 1. The van der Waals surface area contributed by atoms with E-state index in [1.165, 1.54) is 0 Å². The van der Waals surface area contributed by atoms with E-state index in [1.54, 1.807) is 11.8 Å². The molecule has 0 aromatic carbocycles. The Morgan fingerprint density at radius 1 is 1.77 bits per heavy atom. The number of amides is 2. The van der Waals surface area contributed by atoms with Crippen LogP contribution in [-0.4, -0.2) is 41.8 Å². The molecule has 0 aromatic rings. The number of nitrogens with one attached hydrogen (secondary N) is 1. The minimum atomic E-state index is -0.306. The predicted molar refractivity (Wildman–Crippen MR) is 50.4 cm³/mol. The highest BCUT2D eigenvalue weighted by molar-refractivity contribution is 5.74. The van der Waals surface area contributed by atoms with Crippen LogP contribution in [0.1, 0.15) is 20.3 Å². The number of aliphatic hydroxyl groups excluding tert-OH is 1. The minimum absolute atomic E-state index is 0.00866. The first-order chi connectivity index (χ1) is 6.15. The fourth-order valence-electron chi connectivity index (χ4n) is 1.63. The summed E-state index contributed by atoms with van der Waals surface area (Å²) in [7, 11) is 0. The van der Waals surface area contributed by atoms with E-state index in [9.17, 15) is 9.90 Å². The van der Waals surface area contributed by atoms with Gasteiger partial charge >= 0.3 is 6.03 Å². The van der Waals surface area contributed by atoms with Gasteiger partial charge in [0.25, 0.3) is 0 Å². The van der Waals surface area contributed by atoms with Crippen molar-refractivity contribution in [2.75, 3.05) is 19.6 Å². The molecule has 4 heteroatoms. The zero-order valence-corrected chi connectivity index (χ0v) is 8.29. The summed E-state index contributed by atoms with van der Waals surface area (Å²) in [4.78, 5) is 13.1. The number of rotatable bonds is 2. The first-order valence-electron chi connectivity index (χ1n) is 4.86. The lowest BCUT2D eigenvalue weighted by Gasteiger charge is -2.17. The third kappa shape index (κ3) is 2.59. The average molecular weight is 186 g/mol. The first-order valence-corrected chi connectivity index (χ1v) is 4.86. The molecule has 0 spiro atoms. The zero-order valence-electron chi connectivity index (χ0n) is 8.29. The van der Waals surface area contributed by atoms with Crippen molar-refractivity contribution in [2.24, 2.45) is 5.92 Å². The largest absolute Gasteiger partial charge is 0.393 e. The third-order valence-electron chi connectivity index (χ3n) is 2.52. The van der Waals surface area contributed by atoms with Gasteiger partial charge in [0.05, 0.1) is 6.10 Å². The Morgan fingerprint density at radius 2 is 2.46 bits per heavy atom. The van der Waals surface area contributed by atoms with Crippen LogP contribution in [0.2, 0.25) is 0 Å². The fourth-order valence-corrected chi connectivity index (χ4v) is 1.63. The van der Waals surface area contributed by atoms with Gasteiger partial charge in [-0.25, -0.2) is 4.79 Å². The topological polar surface area (TPSA) is 52.6 Å². The molecular weight excluding hydrogens is 168 g/mol. The Balaban J connectivity index is 2.36. The van der Waals surface area contributed by atoms with Crippen molar-refractivity contribution in [3.05, 3.63) is 0 Å². The van der Waals surface area contributed by atoms with E-state index in [0.29, 0.717) is 13.1 Å². The molecule has 1 rings (SSSR count). The van der Waals surface area contributed by atoms with E-state index < -0.39 is 0 Å². The van der Waals surface area contributed by atoms with Crippen LogP contribution >= 0.6 is 0 Å². The highest BCUT2D eigenvalue weighted by Gasteiger charge is 2.28. The number of hydrogen-bond donors (Lipinski definition) is 2. The number of carbonyl (C=O) groups excluding carboxylic acids is 1. The van der Waals surface area contributed by atoms with Crippen molar-refractivity contribution >= 4 is 6.03 Å². The Morgan fingerprint density at radius 3 is 2.92 bits per heavy atom. The summed E-state index contributed by atoms with van der Waals surface area (Å²) in [6.07, 6.45) is 0.605. The van der Waals surface area contributed by atoms with Crippen LogP contribution in [0.5, 0.6) is 0 Å². The van der Waals surface area contributed by atoms with Crippen LogP contribution in [0, 0.1) is 5.92 Å². The molecule has 4 nitrogen and oxygen atoms in total. The number of nitrogens with zero attached hydrogens (tertiary/aromatic N) is 1. The lowest BCUT2D eigenvalue weighted by Crippen LogP contribution is -2.38. The lowest BCUT2D eigenvalue weighted by molar-refractivity contribution is 0.129. The van der Waals surface area contributed by atoms with Gasteiger partial charge in [-0.15, -0.1) is 0 Å². The number of hydrogen-bond acceptors (Lipinski definition) is 2. The van der Waals surface area contributed by atoms with Crippen LogP contribution in [-0.2, 0) is 0 Å². The molecule has 76 valence electrons. The van der Waals surface area contributed by atoms with Gasteiger partial charge in [0.15, 0.2) is 0 Å². The molecule has 0 saturated carbocycles. The molecule has 1 aliphatic heterocycles. The van der Waals surface area contributed by atoms with Gasteiger partial charge in [0.1, 0.15) is 0 Å². The summed E-state index contributed by atoms with van der Waals surface area (Å²) in [5, 5.41) is 12.1. The SMILES string of the molecule is CCNC(=O)N1CCC(C(C)O)C1. The van der Waals surface area contributed by atoms with Crippen molar-refractivity contribution in [3.63, 3.8) is 0 Å². The van der Waals surface area contributed by atoms with E-state index in [0.717, 1.165) is 13.0 Å². The quantitative estimate of drug-likeness (QED) is 0.656. The molecule has 13 heavy (non-hydrogen) atoms. The molecule has 0 bridgehead atoms. The van der Waals surface area contributed by atoms with Crippen molar-refractivity contribution in [1.29, 1.82) is 0 Å². The molecule has 1 aliphatic rings. The molecule has 0 radical (unpaired) electrons. The maximum Gasteiger partial charge on any atom is 0.317 e. The van der Waals surface area contributed by atoms with Gasteiger partial charge < -0.3 is 15.3 Å². The van der Waals surface area contributed by atoms with Crippen LogP contribution < -0.4 is 5.32 Å². The van der Waals surface area contributed by atoms with Crippen molar-refractivity contribution in [1.82, 2.24) is 10.2 Å². The Labute approximate surface area is 78.9 Å². The predicted octanol–water partition coefficient (Wildman–Crippen LogP) is 0.419. The number of likely N-dealkylation sites (tertiary alicyclic amines) is 1. The Bertz CT molecular complexity index is 182. The van der Waals surface area contributed by atoms with Crippen molar-refractivity contribution in [2.45, 2.75) is 26.4 Å². The molecule has 2 N–H and O–H groups in total. The van der Waals surface area contributed by atoms with E-state index in [1.807, 2.05) is 6.92 Å². The fraction of sp³-hybridized carbons (Fsp3) is 0.889. The number of urea groups is 1. The van der Waals surface area contributed by atoms with Gasteiger partial charge in [-0.2, -0.15) is 0 Å². The van der Waals surface area contributed by atoms with E-state index in [2.05, 4.69) is 5.32 Å². The number of aliphatic hydroxyl groups is 1. The van der Waals surface area contributed by atoms with E-state index >= 15 is 0 Å². The maximum atomic E-state index is 11.3. The average Bonchev–Trinajstić information content (AvgIpc) is 2.52. The molecule has 0 aliphatic carbocycles. The normalized spacial score (nSPS) is 24.5. The molecule has 2 unspecified atom stereocenters. The summed E-state index contributed by atoms with van der Waals surface area (Å²) >= 11 is 0. The summed E-state index contributed by atoms with van der Waals surface area (Å²) < 4.78 is 0. The molecule has 1 saturated heterocycles. The monoisotopic (exact) mass is 186 g/mol. The molecule has 2 amide bonds. The van der Waals surface area contributed by atoms with Gasteiger partial charge in [-0.05, 0) is 20.3 Å². The van der Waals surface area contributed by atoms with Crippen molar-refractivity contribution < 1.29 is 9.90 Å². The lowest BCUT2D eigenvalue weighted by atomic mass is 10.0. The zero-order chi connectivity index (χ0) is 9.84. The van der Waals surface area contributed by atoms with Gasteiger partial charge in [-0.3, -0.25) is 0 Å². The maximum absolute atomic E-state index is 11.3. The van der Waals surface area contributed by atoms with Gasteiger partial charge in [0, 0.05) is 25.6 Å². The second-order valence-electron chi connectivity index (χ2n) is 3.57. The van der Waals surface area contributed by atoms with E-state index in [-0.39, 0.29) is 18.1 Å². The summed E-state index contributed by atoms with van der Waals surface area (Å²) in [5.74, 6) is 0.252. The summed E-state index contributed by atoms with van der Waals surface area (Å²) in [5.41, 5.74) is 0. The van der Waals surface area contributed by atoms with Gasteiger partial charge in [-0.1, -0.05) is 0 Å². The third-order valence-corrected chi connectivity index (χ3v) is 2.52. The summed E-state index contributed by atoms with van der Waals surface area (Å²) in [6.45, 7) is 5.80. The highest BCUT2D eigenvalue weighted by atomic mass is 16.3. The van der Waals surface area contributed by atoms with Crippen LogP contribution in [0.15, 0.2) is 0 Å². The first kappa shape index (κ1) is 10.3. The smallest absolute Gasteiger partial charge is 0.317 e. The molecule has 1 fully saturated rings. The highest BCUT2D eigenvalue weighted by Crippen LogP contribution is 2.19. The van der Waals surface area contributed by atoms with Crippen LogP contribution in [0.3, 0.4) is 0 Å². The van der Waals surface area contributed by atoms with E-state index in [4.69, 9.17) is 0 Å². The molecule has 1 heterocycles. The Hall–Kier alpha value is -0.770. The molecular formula is C9H18N2O2. The molecule has 2 atom stereocenters. The molecule has 0 aromatic heterocycles. The van der Waals surface area contributed by atoms with Crippen LogP contribution in [0.4, 0.5) is 4.79 Å². The second-order valence-corrected chi connectivity index (χ2v) is 3.57. The second kappa shape index (κ2) is 4.46. The minimum Gasteiger partial charge on any atom is -0.393 e.